The molecule has 0 aliphatic rings. The zero-order valence-corrected chi connectivity index (χ0v) is 12.4. The quantitative estimate of drug-likeness (QED) is 0.544. The lowest BCUT2D eigenvalue weighted by Crippen LogP contribution is -2.42. The molecule has 23 heavy (non-hydrogen) atoms. The van der Waals surface area contributed by atoms with E-state index in [1.165, 1.54) is 0 Å². The van der Waals surface area contributed by atoms with Crippen LogP contribution >= 0.6 is 0 Å². The molecule has 0 saturated carbocycles. The Labute approximate surface area is 134 Å². The molecule has 0 fully saturated rings. The molecule has 0 N–H and O–H groups in total. The summed E-state index contributed by atoms with van der Waals surface area (Å²) in [6.07, 6.45) is 0. The van der Waals surface area contributed by atoms with Crippen LogP contribution in [-0.2, 0) is 0 Å². The molecular weight excluding hydrogens is 284 g/mol. The highest BCUT2D eigenvalue weighted by Gasteiger charge is 2.24. The normalized spacial score (nSPS) is 10.6. The minimum atomic E-state index is 0.806. The Morgan fingerprint density at radius 2 is 1.22 bits per heavy atom. The lowest BCUT2D eigenvalue weighted by molar-refractivity contribution is -0.733. The number of rotatable bonds is 3. The average Bonchev–Trinajstić information content (AvgIpc) is 3.09. The standard InChI is InChI=1S/C19H15N4/c1-4-10-16(11-5-1)19-20-21-23(18-14-8-3-9-15-18)22(19)17-12-6-2-7-13-17/h1-15H/q+1. The lowest BCUT2D eigenvalue weighted by atomic mass is 10.2. The fraction of sp³-hybridized carbons (Fsp3) is 0. The molecule has 0 amide bonds. The number of benzene rings is 3. The summed E-state index contributed by atoms with van der Waals surface area (Å²) < 4.78 is 2.02. The fourth-order valence-corrected chi connectivity index (χ4v) is 2.55. The zero-order chi connectivity index (χ0) is 15.5. The molecule has 4 nitrogen and oxygen atoms in total. The molecule has 110 valence electrons. The van der Waals surface area contributed by atoms with Crippen LogP contribution < -0.4 is 4.80 Å². The third kappa shape index (κ3) is 2.51. The second-order valence-corrected chi connectivity index (χ2v) is 5.15. The van der Waals surface area contributed by atoms with E-state index >= 15 is 0 Å². The Kier molecular flexibility index (Phi) is 3.41. The van der Waals surface area contributed by atoms with Crippen molar-refractivity contribution in [3.8, 4) is 22.8 Å². The first kappa shape index (κ1) is 13.4. The van der Waals surface area contributed by atoms with Crippen LogP contribution in [-0.4, -0.2) is 15.0 Å². The van der Waals surface area contributed by atoms with Crippen molar-refractivity contribution in [2.75, 3.05) is 0 Å². The molecule has 4 heteroatoms. The highest BCUT2D eigenvalue weighted by molar-refractivity contribution is 5.56. The number of hydrogen-bond acceptors (Lipinski definition) is 2. The Hall–Kier alpha value is -3.27. The van der Waals surface area contributed by atoms with Gasteiger partial charge in [0.1, 0.15) is 0 Å². The lowest BCUT2D eigenvalue weighted by Gasteiger charge is -2.04. The van der Waals surface area contributed by atoms with Gasteiger partial charge in [-0.2, -0.15) is 0 Å². The summed E-state index contributed by atoms with van der Waals surface area (Å²) in [4.78, 5) is 1.82. The average molecular weight is 299 g/mol. The van der Waals surface area contributed by atoms with Crippen molar-refractivity contribution < 1.29 is 4.80 Å². The maximum atomic E-state index is 4.42. The van der Waals surface area contributed by atoms with Gasteiger partial charge in [-0.3, -0.25) is 0 Å². The minimum Gasteiger partial charge on any atom is -0.113 e. The minimum absolute atomic E-state index is 0.806. The molecule has 1 heterocycles. The van der Waals surface area contributed by atoms with Crippen molar-refractivity contribution in [1.29, 1.82) is 0 Å². The van der Waals surface area contributed by atoms with Crippen LogP contribution in [0.4, 0.5) is 0 Å². The fourth-order valence-electron chi connectivity index (χ4n) is 2.55. The first-order chi connectivity index (χ1) is 11.4. The predicted octanol–water partition coefficient (Wildman–Crippen LogP) is 3.21. The first-order valence-electron chi connectivity index (χ1n) is 7.48. The third-order valence-electron chi connectivity index (χ3n) is 3.63. The number of hydrogen-bond donors (Lipinski definition) is 0. The highest BCUT2D eigenvalue weighted by Crippen LogP contribution is 2.18. The molecule has 0 radical (unpaired) electrons. The second-order valence-electron chi connectivity index (χ2n) is 5.15. The van der Waals surface area contributed by atoms with Gasteiger partial charge in [-0.25, -0.2) is 0 Å². The van der Waals surface area contributed by atoms with E-state index < -0.39 is 0 Å². The van der Waals surface area contributed by atoms with Crippen molar-refractivity contribution in [1.82, 2.24) is 15.0 Å². The topological polar surface area (TPSA) is 34.6 Å². The van der Waals surface area contributed by atoms with Gasteiger partial charge in [0.25, 0.3) is 0 Å². The van der Waals surface area contributed by atoms with Crippen LogP contribution in [0.1, 0.15) is 0 Å². The van der Waals surface area contributed by atoms with E-state index in [9.17, 15) is 0 Å². The smallest absolute Gasteiger partial charge is 0.113 e. The molecule has 0 aliphatic heterocycles. The van der Waals surface area contributed by atoms with E-state index in [0.29, 0.717) is 0 Å². The van der Waals surface area contributed by atoms with Gasteiger partial charge in [0.2, 0.25) is 0 Å². The summed E-state index contributed by atoms with van der Waals surface area (Å²) >= 11 is 0. The number of aromatic nitrogens is 4. The van der Waals surface area contributed by atoms with Crippen LogP contribution in [0.15, 0.2) is 91.0 Å². The van der Waals surface area contributed by atoms with Crippen molar-refractivity contribution in [3.63, 3.8) is 0 Å². The van der Waals surface area contributed by atoms with Crippen molar-refractivity contribution in [2.45, 2.75) is 0 Å². The monoisotopic (exact) mass is 299 g/mol. The van der Waals surface area contributed by atoms with Gasteiger partial charge < -0.3 is 0 Å². The van der Waals surface area contributed by atoms with E-state index in [1.807, 2.05) is 88.3 Å². The van der Waals surface area contributed by atoms with Gasteiger partial charge in [0.05, 0.1) is 16.3 Å². The van der Waals surface area contributed by atoms with E-state index in [1.54, 1.807) is 0 Å². The highest BCUT2D eigenvalue weighted by atomic mass is 15.6. The summed E-state index contributed by atoms with van der Waals surface area (Å²) in [5.41, 5.74) is 3.00. The molecule has 4 rings (SSSR count). The predicted molar refractivity (Wildman–Crippen MR) is 88.3 cm³/mol. The third-order valence-corrected chi connectivity index (χ3v) is 3.63. The molecule has 0 aliphatic carbocycles. The largest absolute Gasteiger partial charge is 0.320 e. The van der Waals surface area contributed by atoms with Crippen LogP contribution in [0.2, 0.25) is 0 Å². The van der Waals surface area contributed by atoms with Crippen LogP contribution in [0.25, 0.3) is 22.8 Å². The Balaban J connectivity index is 1.97. The molecule has 0 spiro atoms. The maximum Gasteiger partial charge on any atom is 0.320 e. The molecule has 4 aromatic rings. The van der Waals surface area contributed by atoms with Crippen LogP contribution in [0.3, 0.4) is 0 Å². The van der Waals surface area contributed by atoms with Crippen LogP contribution in [0.5, 0.6) is 0 Å². The molecule has 1 aromatic heterocycles. The van der Waals surface area contributed by atoms with Gasteiger partial charge in [-0.05, 0) is 41.2 Å². The second kappa shape index (κ2) is 5.85. The summed E-state index contributed by atoms with van der Waals surface area (Å²) in [5, 5.41) is 8.78. The van der Waals surface area contributed by atoms with Crippen molar-refractivity contribution >= 4 is 0 Å². The maximum absolute atomic E-state index is 4.42. The Morgan fingerprint density at radius 3 is 1.87 bits per heavy atom. The van der Waals surface area contributed by atoms with Gasteiger partial charge >= 0.3 is 5.82 Å². The summed E-state index contributed by atoms with van der Waals surface area (Å²) in [6.45, 7) is 0. The molecule has 3 aromatic carbocycles. The van der Waals surface area contributed by atoms with E-state index in [2.05, 4.69) is 22.4 Å². The number of para-hydroxylation sites is 2. The van der Waals surface area contributed by atoms with Gasteiger partial charge in [-0.1, -0.05) is 54.6 Å². The first-order valence-corrected chi connectivity index (χ1v) is 7.48. The number of nitrogens with zero attached hydrogens (tertiary/aromatic N) is 4. The molecule has 0 atom stereocenters. The van der Waals surface area contributed by atoms with Crippen LogP contribution in [0, 0.1) is 0 Å². The van der Waals surface area contributed by atoms with E-state index in [-0.39, 0.29) is 0 Å². The number of tetrazole rings is 1. The van der Waals surface area contributed by atoms with Gasteiger partial charge in [0, 0.05) is 0 Å². The SMILES string of the molecule is c1ccc(-c2nn[n+](-c3ccccc3)n2-c2ccccc2)cc1. The molecule has 0 unspecified atom stereocenters. The van der Waals surface area contributed by atoms with Gasteiger partial charge in [-0.15, -0.1) is 4.68 Å². The van der Waals surface area contributed by atoms with E-state index in [0.717, 1.165) is 22.8 Å². The summed E-state index contributed by atoms with van der Waals surface area (Å²) in [7, 11) is 0. The van der Waals surface area contributed by atoms with Gasteiger partial charge in [0.15, 0.2) is 10.9 Å². The molecule has 0 saturated heterocycles. The van der Waals surface area contributed by atoms with E-state index in [4.69, 9.17) is 0 Å². The summed E-state index contributed by atoms with van der Waals surface area (Å²) in [6, 6.07) is 30.2. The molecular formula is C19H15N4+. The summed E-state index contributed by atoms with van der Waals surface area (Å²) in [5.74, 6) is 0.806. The Bertz CT molecular complexity index is 843. The molecule has 0 bridgehead atoms. The van der Waals surface area contributed by atoms with Crippen molar-refractivity contribution in [3.05, 3.63) is 91.0 Å². The zero-order valence-electron chi connectivity index (χ0n) is 12.4. The van der Waals surface area contributed by atoms with Crippen molar-refractivity contribution in [2.24, 2.45) is 0 Å². The Morgan fingerprint density at radius 1 is 0.652 bits per heavy atom.